The minimum Gasteiger partial charge on any atom is -0.273 e. The molecule has 0 saturated heterocycles. The number of rotatable bonds is 3. The summed E-state index contributed by atoms with van der Waals surface area (Å²) in [5.74, 6) is 0.0983. The van der Waals surface area contributed by atoms with Crippen molar-refractivity contribution in [3.63, 3.8) is 0 Å². The molecule has 1 amide bonds. The van der Waals surface area contributed by atoms with Crippen LogP contribution in [0, 0.1) is 0 Å². The molecule has 1 rings (SSSR count). The van der Waals surface area contributed by atoms with Crippen molar-refractivity contribution in [1.82, 2.24) is 5.01 Å². The smallest absolute Gasteiger partial charge is 0.241 e. The van der Waals surface area contributed by atoms with Crippen LogP contribution in [0.15, 0.2) is 30.3 Å². The van der Waals surface area contributed by atoms with E-state index in [1.807, 2.05) is 51.4 Å². The summed E-state index contributed by atoms with van der Waals surface area (Å²) in [7, 11) is 3.72. The topological polar surface area (TPSA) is 23.6 Å². The van der Waals surface area contributed by atoms with Gasteiger partial charge in [-0.15, -0.1) is 0 Å². The molecule has 3 heteroatoms. The van der Waals surface area contributed by atoms with Gasteiger partial charge in [0.25, 0.3) is 0 Å². The molecule has 0 heterocycles. The number of anilines is 1. The van der Waals surface area contributed by atoms with Crippen molar-refractivity contribution in [3.05, 3.63) is 30.3 Å². The Kier molecular flexibility index (Phi) is 3.65. The monoisotopic (exact) mass is 192 g/mol. The van der Waals surface area contributed by atoms with Gasteiger partial charge in [-0.05, 0) is 12.1 Å². The molecule has 76 valence electrons. The molecule has 0 unspecified atom stereocenters. The van der Waals surface area contributed by atoms with Gasteiger partial charge in [0.05, 0.1) is 5.69 Å². The molecule has 0 saturated carbocycles. The summed E-state index contributed by atoms with van der Waals surface area (Å²) in [6, 6.07) is 9.64. The van der Waals surface area contributed by atoms with E-state index < -0.39 is 0 Å². The zero-order valence-corrected chi connectivity index (χ0v) is 8.90. The third-order valence-corrected chi connectivity index (χ3v) is 1.94. The lowest BCUT2D eigenvalue weighted by molar-refractivity contribution is -0.120. The Balaban J connectivity index is 2.95. The molecule has 0 spiro atoms. The molecule has 0 atom stereocenters. The van der Waals surface area contributed by atoms with Crippen molar-refractivity contribution >= 4 is 11.6 Å². The molecule has 1 aromatic carbocycles. The van der Waals surface area contributed by atoms with E-state index in [9.17, 15) is 4.79 Å². The van der Waals surface area contributed by atoms with Crippen LogP contribution in [0.4, 0.5) is 5.69 Å². The number of nitrogens with zero attached hydrogens (tertiary/aromatic N) is 2. The van der Waals surface area contributed by atoms with Crippen LogP contribution in [0.25, 0.3) is 0 Å². The first kappa shape index (κ1) is 10.7. The Bertz CT molecular complexity index is 295. The molecule has 0 radical (unpaired) electrons. The number of hydrazine groups is 1. The molecule has 1 aromatic rings. The zero-order valence-electron chi connectivity index (χ0n) is 8.90. The number of carbonyl (C=O) groups is 1. The molecule has 0 N–H and O–H groups in total. The normalized spacial score (nSPS) is 10.3. The van der Waals surface area contributed by atoms with E-state index in [0.29, 0.717) is 6.42 Å². The number of benzene rings is 1. The maximum absolute atomic E-state index is 11.6. The highest BCUT2D eigenvalue weighted by Gasteiger charge is 2.15. The summed E-state index contributed by atoms with van der Waals surface area (Å²) in [5, 5.41) is 3.46. The van der Waals surface area contributed by atoms with Crippen molar-refractivity contribution < 1.29 is 4.79 Å². The van der Waals surface area contributed by atoms with E-state index >= 15 is 0 Å². The van der Waals surface area contributed by atoms with E-state index in [0.717, 1.165) is 5.69 Å². The molecule has 0 aliphatic rings. The molecule has 3 nitrogen and oxygen atoms in total. The zero-order chi connectivity index (χ0) is 10.6. The van der Waals surface area contributed by atoms with E-state index in [1.165, 1.54) is 0 Å². The molecule has 0 bridgehead atoms. The summed E-state index contributed by atoms with van der Waals surface area (Å²) in [6.45, 7) is 1.86. The fourth-order valence-electron chi connectivity index (χ4n) is 1.32. The van der Waals surface area contributed by atoms with Gasteiger partial charge >= 0.3 is 0 Å². The second-order valence-electron chi connectivity index (χ2n) is 3.24. The fraction of sp³-hybridized carbons (Fsp3) is 0.364. The predicted octanol–water partition coefficient (Wildman–Crippen LogP) is 1.91. The number of amides is 1. The minimum absolute atomic E-state index is 0.0983. The lowest BCUT2D eigenvalue weighted by Crippen LogP contribution is -2.41. The third kappa shape index (κ3) is 2.33. The van der Waals surface area contributed by atoms with Crippen molar-refractivity contribution in [2.24, 2.45) is 0 Å². The van der Waals surface area contributed by atoms with Crippen molar-refractivity contribution in [2.45, 2.75) is 13.3 Å². The largest absolute Gasteiger partial charge is 0.273 e. The van der Waals surface area contributed by atoms with Crippen LogP contribution in [0.3, 0.4) is 0 Å². The van der Waals surface area contributed by atoms with Gasteiger partial charge in [0.15, 0.2) is 0 Å². The van der Waals surface area contributed by atoms with E-state index in [1.54, 1.807) is 10.0 Å². The Morgan fingerprint density at radius 2 is 1.79 bits per heavy atom. The van der Waals surface area contributed by atoms with E-state index in [4.69, 9.17) is 0 Å². The lowest BCUT2D eigenvalue weighted by Gasteiger charge is -2.28. The second-order valence-corrected chi connectivity index (χ2v) is 3.24. The first-order valence-electron chi connectivity index (χ1n) is 4.72. The highest BCUT2D eigenvalue weighted by atomic mass is 16.2. The van der Waals surface area contributed by atoms with Gasteiger partial charge in [-0.3, -0.25) is 4.79 Å². The van der Waals surface area contributed by atoms with Crippen molar-refractivity contribution in [1.29, 1.82) is 0 Å². The van der Waals surface area contributed by atoms with Crippen LogP contribution >= 0.6 is 0 Å². The Hall–Kier alpha value is -1.35. The Morgan fingerprint density at radius 1 is 1.21 bits per heavy atom. The van der Waals surface area contributed by atoms with E-state index in [-0.39, 0.29) is 5.91 Å². The highest BCUT2D eigenvalue weighted by Crippen LogP contribution is 2.14. The molecular formula is C11H16N2O. The highest BCUT2D eigenvalue weighted by molar-refractivity contribution is 5.92. The van der Waals surface area contributed by atoms with Crippen molar-refractivity contribution in [2.75, 3.05) is 19.1 Å². The number of hydrogen-bond acceptors (Lipinski definition) is 2. The van der Waals surface area contributed by atoms with Gasteiger partial charge in [-0.2, -0.15) is 0 Å². The summed E-state index contributed by atoms with van der Waals surface area (Å²) in [5.41, 5.74) is 0.907. The Labute approximate surface area is 84.9 Å². The summed E-state index contributed by atoms with van der Waals surface area (Å²) < 4.78 is 0. The molecule has 0 fully saturated rings. The van der Waals surface area contributed by atoms with Gasteiger partial charge in [0.2, 0.25) is 5.91 Å². The summed E-state index contributed by atoms with van der Waals surface area (Å²) >= 11 is 0. The average molecular weight is 192 g/mol. The fourth-order valence-corrected chi connectivity index (χ4v) is 1.32. The predicted molar refractivity (Wildman–Crippen MR) is 57.9 cm³/mol. The van der Waals surface area contributed by atoms with E-state index in [2.05, 4.69) is 0 Å². The Morgan fingerprint density at radius 3 is 2.21 bits per heavy atom. The SMILES string of the molecule is CCC(=O)N(c1ccccc1)N(C)C. The standard InChI is InChI=1S/C11H16N2O/c1-4-11(14)13(12(2)3)10-8-6-5-7-9-10/h5-9H,4H2,1-3H3. The first-order valence-corrected chi connectivity index (χ1v) is 4.72. The molecule has 0 aliphatic heterocycles. The quantitative estimate of drug-likeness (QED) is 0.683. The number of carbonyl (C=O) groups excluding carboxylic acids is 1. The van der Waals surface area contributed by atoms with Crippen LogP contribution < -0.4 is 5.01 Å². The maximum atomic E-state index is 11.6. The molecule has 14 heavy (non-hydrogen) atoms. The lowest BCUT2D eigenvalue weighted by atomic mass is 10.3. The molecule has 0 aliphatic carbocycles. The first-order chi connectivity index (χ1) is 6.66. The third-order valence-electron chi connectivity index (χ3n) is 1.94. The van der Waals surface area contributed by atoms with Gasteiger partial charge in [0, 0.05) is 20.5 Å². The van der Waals surface area contributed by atoms with Gasteiger partial charge in [-0.25, -0.2) is 10.0 Å². The second kappa shape index (κ2) is 4.77. The van der Waals surface area contributed by atoms with Gasteiger partial charge in [0.1, 0.15) is 0 Å². The van der Waals surface area contributed by atoms with Crippen LogP contribution in [-0.4, -0.2) is 25.0 Å². The van der Waals surface area contributed by atoms with Gasteiger partial charge < -0.3 is 0 Å². The maximum Gasteiger partial charge on any atom is 0.241 e. The minimum atomic E-state index is 0.0983. The van der Waals surface area contributed by atoms with Crippen LogP contribution in [0.2, 0.25) is 0 Å². The summed E-state index contributed by atoms with van der Waals surface area (Å²) in [4.78, 5) is 11.6. The van der Waals surface area contributed by atoms with Gasteiger partial charge in [-0.1, -0.05) is 25.1 Å². The van der Waals surface area contributed by atoms with Crippen molar-refractivity contribution in [3.8, 4) is 0 Å². The molecular weight excluding hydrogens is 176 g/mol. The van der Waals surface area contributed by atoms with Crippen LogP contribution in [0.1, 0.15) is 13.3 Å². The molecule has 0 aromatic heterocycles. The van der Waals surface area contributed by atoms with Crippen LogP contribution in [-0.2, 0) is 4.79 Å². The number of hydrogen-bond donors (Lipinski definition) is 0. The average Bonchev–Trinajstić information content (AvgIpc) is 2.19. The van der Waals surface area contributed by atoms with Crippen LogP contribution in [0.5, 0.6) is 0 Å². The number of para-hydroxylation sites is 1. The summed E-state index contributed by atoms with van der Waals surface area (Å²) in [6.07, 6.45) is 0.507.